The van der Waals surface area contributed by atoms with E-state index in [4.69, 9.17) is 4.98 Å². The van der Waals surface area contributed by atoms with Crippen molar-refractivity contribution in [2.24, 2.45) is 5.92 Å². The fourth-order valence-corrected chi connectivity index (χ4v) is 2.88. The predicted molar refractivity (Wildman–Crippen MR) is 86.7 cm³/mol. The van der Waals surface area contributed by atoms with Crippen molar-refractivity contribution < 1.29 is 0 Å². The van der Waals surface area contributed by atoms with E-state index in [9.17, 15) is 0 Å². The van der Waals surface area contributed by atoms with Gasteiger partial charge in [-0.05, 0) is 38.1 Å². The van der Waals surface area contributed by atoms with Crippen molar-refractivity contribution in [1.82, 2.24) is 20.5 Å². The van der Waals surface area contributed by atoms with Gasteiger partial charge < -0.3 is 10.2 Å². The van der Waals surface area contributed by atoms with Crippen molar-refractivity contribution in [2.75, 3.05) is 24.5 Å². The van der Waals surface area contributed by atoms with Crippen LogP contribution in [0.5, 0.6) is 0 Å². The Morgan fingerprint density at radius 2 is 1.95 bits per heavy atom. The van der Waals surface area contributed by atoms with E-state index >= 15 is 0 Å². The molecule has 2 rings (SSSR count). The first kappa shape index (κ1) is 16.1. The molecule has 1 N–H and O–H groups in total. The topological polar surface area (TPSA) is 53.9 Å². The van der Waals surface area contributed by atoms with Gasteiger partial charge in [0, 0.05) is 19.1 Å². The summed E-state index contributed by atoms with van der Waals surface area (Å²) in [5.74, 6) is 1.50. The normalized spacial score (nSPS) is 19.3. The lowest BCUT2D eigenvalue weighted by atomic mass is 9.98. The van der Waals surface area contributed by atoms with Crippen molar-refractivity contribution >= 4 is 5.95 Å². The van der Waals surface area contributed by atoms with Gasteiger partial charge in [0.05, 0.1) is 11.4 Å². The molecule has 1 aromatic rings. The van der Waals surface area contributed by atoms with Crippen LogP contribution in [-0.2, 0) is 12.8 Å². The minimum Gasteiger partial charge on any atom is -0.339 e. The molecule has 1 atom stereocenters. The summed E-state index contributed by atoms with van der Waals surface area (Å²) in [4.78, 5) is 7.05. The second-order valence-electron chi connectivity index (χ2n) is 6.23. The highest BCUT2D eigenvalue weighted by atomic mass is 15.3. The van der Waals surface area contributed by atoms with E-state index in [-0.39, 0.29) is 0 Å². The van der Waals surface area contributed by atoms with Gasteiger partial charge in [-0.25, -0.2) is 4.98 Å². The van der Waals surface area contributed by atoms with Gasteiger partial charge >= 0.3 is 0 Å². The molecule has 0 spiro atoms. The molecule has 1 saturated heterocycles. The fraction of sp³-hybridized carbons (Fsp3) is 0.812. The average molecular weight is 291 g/mol. The van der Waals surface area contributed by atoms with Crippen molar-refractivity contribution in [3.05, 3.63) is 11.4 Å². The number of nitrogens with zero attached hydrogens (tertiary/aromatic N) is 4. The van der Waals surface area contributed by atoms with Crippen LogP contribution in [0.25, 0.3) is 0 Å². The largest absolute Gasteiger partial charge is 0.339 e. The summed E-state index contributed by atoms with van der Waals surface area (Å²) in [6, 6.07) is 0.550. The summed E-state index contributed by atoms with van der Waals surface area (Å²) >= 11 is 0. The molecule has 21 heavy (non-hydrogen) atoms. The Hall–Kier alpha value is -1.23. The van der Waals surface area contributed by atoms with Gasteiger partial charge in [0.25, 0.3) is 0 Å². The zero-order chi connectivity index (χ0) is 15.2. The Bertz CT molecular complexity index is 446. The molecule has 0 radical (unpaired) electrons. The molecule has 1 unspecified atom stereocenters. The van der Waals surface area contributed by atoms with Crippen LogP contribution in [0, 0.1) is 5.92 Å². The lowest BCUT2D eigenvalue weighted by Crippen LogP contribution is -2.42. The second kappa shape index (κ2) is 7.69. The van der Waals surface area contributed by atoms with E-state index in [2.05, 4.69) is 48.1 Å². The maximum Gasteiger partial charge on any atom is 0.245 e. The molecule has 118 valence electrons. The van der Waals surface area contributed by atoms with Gasteiger partial charge in [-0.15, -0.1) is 5.10 Å². The van der Waals surface area contributed by atoms with Crippen LogP contribution >= 0.6 is 0 Å². The molecule has 0 saturated carbocycles. The molecule has 1 aliphatic rings. The molecular formula is C16H29N5. The van der Waals surface area contributed by atoms with Gasteiger partial charge in [-0.3, -0.25) is 0 Å². The highest BCUT2D eigenvalue weighted by Gasteiger charge is 2.22. The maximum atomic E-state index is 4.75. The third kappa shape index (κ3) is 4.37. The van der Waals surface area contributed by atoms with Gasteiger partial charge in [0.1, 0.15) is 0 Å². The highest BCUT2D eigenvalue weighted by Crippen LogP contribution is 2.20. The van der Waals surface area contributed by atoms with E-state index in [1.165, 1.54) is 12.8 Å². The average Bonchev–Trinajstić information content (AvgIpc) is 2.52. The van der Waals surface area contributed by atoms with E-state index in [1.54, 1.807) is 0 Å². The number of aromatic nitrogens is 3. The van der Waals surface area contributed by atoms with Crippen LogP contribution in [0.15, 0.2) is 0 Å². The third-order valence-corrected chi connectivity index (χ3v) is 4.11. The Morgan fingerprint density at radius 1 is 1.19 bits per heavy atom. The van der Waals surface area contributed by atoms with Gasteiger partial charge in [0.15, 0.2) is 0 Å². The third-order valence-electron chi connectivity index (χ3n) is 4.11. The Morgan fingerprint density at radius 3 is 2.62 bits per heavy atom. The van der Waals surface area contributed by atoms with Crippen LogP contribution in [-0.4, -0.2) is 40.9 Å². The summed E-state index contributed by atoms with van der Waals surface area (Å²) < 4.78 is 0. The number of nitrogens with one attached hydrogen (secondary N) is 1. The Labute approximate surface area is 128 Å². The van der Waals surface area contributed by atoms with E-state index in [0.29, 0.717) is 12.0 Å². The van der Waals surface area contributed by atoms with Crippen LogP contribution in [0.2, 0.25) is 0 Å². The van der Waals surface area contributed by atoms with Crippen LogP contribution < -0.4 is 10.2 Å². The molecule has 0 aromatic carbocycles. The molecule has 0 amide bonds. The molecule has 5 nitrogen and oxygen atoms in total. The molecule has 5 heteroatoms. The predicted octanol–water partition coefficient (Wildman–Crippen LogP) is 2.21. The number of aryl methyl sites for hydroxylation is 2. The molecule has 0 aliphatic carbocycles. The first-order chi connectivity index (χ1) is 10.1. The molecule has 1 aliphatic heterocycles. The quantitative estimate of drug-likeness (QED) is 0.871. The monoisotopic (exact) mass is 291 g/mol. The number of anilines is 1. The van der Waals surface area contributed by atoms with Crippen molar-refractivity contribution in [2.45, 2.75) is 59.4 Å². The van der Waals surface area contributed by atoms with Crippen molar-refractivity contribution in [1.29, 1.82) is 0 Å². The molecule has 1 fully saturated rings. The highest BCUT2D eigenvalue weighted by molar-refractivity contribution is 5.31. The SMILES string of the molecule is CCc1nnc(N2CCCC(CNC(C)C)C2)nc1CC. The molecule has 0 bridgehead atoms. The molecular weight excluding hydrogens is 262 g/mol. The number of rotatable bonds is 6. The number of hydrogen-bond acceptors (Lipinski definition) is 5. The van der Waals surface area contributed by atoms with Gasteiger partial charge in [-0.2, -0.15) is 5.10 Å². The summed E-state index contributed by atoms with van der Waals surface area (Å²) in [5.41, 5.74) is 2.14. The minimum atomic E-state index is 0.550. The zero-order valence-electron chi connectivity index (χ0n) is 13.9. The Balaban J connectivity index is 2.03. The standard InChI is InChI=1S/C16H29N5/c1-5-14-15(6-2)19-20-16(18-14)21-9-7-8-13(11-21)10-17-12(3)4/h12-13,17H,5-11H2,1-4H3. The summed E-state index contributed by atoms with van der Waals surface area (Å²) in [6.07, 6.45) is 4.34. The molecule has 2 heterocycles. The number of hydrogen-bond donors (Lipinski definition) is 1. The zero-order valence-corrected chi connectivity index (χ0v) is 13.9. The van der Waals surface area contributed by atoms with Crippen LogP contribution in [0.3, 0.4) is 0 Å². The Kier molecular flexibility index (Phi) is 5.91. The smallest absolute Gasteiger partial charge is 0.245 e. The van der Waals surface area contributed by atoms with Gasteiger partial charge in [-0.1, -0.05) is 27.7 Å². The minimum absolute atomic E-state index is 0.550. The first-order valence-corrected chi connectivity index (χ1v) is 8.34. The summed E-state index contributed by atoms with van der Waals surface area (Å²) in [7, 11) is 0. The molecule has 1 aromatic heterocycles. The fourth-order valence-electron chi connectivity index (χ4n) is 2.88. The van der Waals surface area contributed by atoms with Crippen molar-refractivity contribution in [3.8, 4) is 0 Å². The lowest BCUT2D eigenvalue weighted by Gasteiger charge is -2.33. The van der Waals surface area contributed by atoms with E-state index in [1.807, 2.05) is 0 Å². The summed E-state index contributed by atoms with van der Waals surface area (Å²) in [6.45, 7) is 11.8. The van der Waals surface area contributed by atoms with E-state index in [0.717, 1.165) is 49.8 Å². The van der Waals surface area contributed by atoms with Gasteiger partial charge in [0.2, 0.25) is 5.95 Å². The first-order valence-electron chi connectivity index (χ1n) is 8.34. The van der Waals surface area contributed by atoms with E-state index < -0.39 is 0 Å². The van der Waals surface area contributed by atoms with Crippen LogP contribution in [0.4, 0.5) is 5.95 Å². The second-order valence-corrected chi connectivity index (χ2v) is 6.23. The number of piperidine rings is 1. The summed E-state index contributed by atoms with van der Waals surface area (Å²) in [5, 5.41) is 12.3. The van der Waals surface area contributed by atoms with Crippen LogP contribution in [0.1, 0.15) is 51.9 Å². The lowest BCUT2D eigenvalue weighted by molar-refractivity contribution is 0.376. The van der Waals surface area contributed by atoms with Crippen molar-refractivity contribution in [3.63, 3.8) is 0 Å². The maximum absolute atomic E-state index is 4.75.